The van der Waals surface area contributed by atoms with Crippen molar-refractivity contribution in [1.29, 1.82) is 0 Å². The first-order valence-electron chi connectivity index (χ1n) is 6.20. The third-order valence-corrected chi connectivity index (χ3v) is 3.08. The monoisotopic (exact) mass is 274 g/mol. The number of halogens is 1. The van der Waals surface area contributed by atoms with Gasteiger partial charge in [0.15, 0.2) is 0 Å². The van der Waals surface area contributed by atoms with E-state index in [2.05, 4.69) is 0 Å². The van der Waals surface area contributed by atoms with Crippen LogP contribution in [-0.2, 0) is 16.0 Å². The van der Waals surface area contributed by atoms with Crippen LogP contribution in [-0.4, -0.2) is 12.6 Å². The minimum Gasteiger partial charge on any atom is -0.466 e. The highest BCUT2D eigenvalue weighted by atomic mass is 35.5. The first-order valence-corrected chi connectivity index (χ1v) is 6.58. The Balaban J connectivity index is 2.20. The predicted molar refractivity (Wildman–Crippen MR) is 77.2 cm³/mol. The van der Waals surface area contributed by atoms with Crippen LogP contribution in [0.2, 0.25) is 5.02 Å². The Morgan fingerprint density at radius 2 is 1.89 bits per heavy atom. The number of esters is 1. The average Bonchev–Trinajstić information content (AvgIpc) is 2.40. The van der Waals surface area contributed by atoms with Crippen molar-refractivity contribution in [2.45, 2.75) is 13.3 Å². The second-order valence-electron chi connectivity index (χ2n) is 4.16. The molecule has 0 N–H and O–H groups in total. The van der Waals surface area contributed by atoms with Crippen LogP contribution in [0.4, 0.5) is 0 Å². The van der Waals surface area contributed by atoms with E-state index in [-0.39, 0.29) is 12.4 Å². The molecule has 0 aliphatic carbocycles. The highest BCUT2D eigenvalue weighted by molar-refractivity contribution is 6.33. The van der Waals surface area contributed by atoms with Gasteiger partial charge in [0.1, 0.15) is 0 Å². The summed E-state index contributed by atoms with van der Waals surface area (Å²) >= 11 is 6.27. The zero-order chi connectivity index (χ0) is 13.7. The van der Waals surface area contributed by atoms with Gasteiger partial charge in [-0.1, -0.05) is 54.1 Å². The van der Waals surface area contributed by atoms with E-state index in [0.29, 0.717) is 11.6 Å². The molecule has 0 bridgehead atoms. The van der Waals surface area contributed by atoms with Gasteiger partial charge in [-0.3, -0.25) is 4.79 Å². The third kappa shape index (κ3) is 3.58. The summed E-state index contributed by atoms with van der Waals surface area (Å²) in [6.07, 6.45) is 0.253. The van der Waals surface area contributed by atoms with Crippen LogP contribution in [0, 0.1) is 0 Å². The van der Waals surface area contributed by atoms with Crippen LogP contribution in [0.1, 0.15) is 12.5 Å². The molecule has 0 atom stereocenters. The molecule has 0 unspecified atom stereocenters. The molecule has 2 rings (SSSR count). The van der Waals surface area contributed by atoms with E-state index in [1.54, 1.807) is 6.92 Å². The van der Waals surface area contributed by atoms with E-state index < -0.39 is 0 Å². The maximum absolute atomic E-state index is 11.4. The normalized spacial score (nSPS) is 10.2. The van der Waals surface area contributed by atoms with E-state index in [4.69, 9.17) is 16.3 Å². The van der Waals surface area contributed by atoms with Gasteiger partial charge in [-0.05, 0) is 24.1 Å². The molecule has 98 valence electrons. The molecule has 0 saturated heterocycles. The summed E-state index contributed by atoms with van der Waals surface area (Å²) in [7, 11) is 0. The van der Waals surface area contributed by atoms with Crippen molar-refractivity contribution in [3.63, 3.8) is 0 Å². The molecule has 0 aliphatic heterocycles. The van der Waals surface area contributed by atoms with Gasteiger partial charge < -0.3 is 4.74 Å². The van der Waals surface area contributed by atoms with Gasteiger partial charge in [0.2, 0.25) is 0 Å². The summed E-state index contributed by atoms with van der Waals surface area (Å²) < 4.78 is 4.92. The summed E-state index contributed by atoms with van der Waals surface area (Å²) in [4.78, 5) is 11.4. The number of carbonyl (C=O) groups excluding carboxylic acids is 1. The number of carbonyl (C=O) groups is 1. The molecule has 0 heterocycles. The van der Waals surface area contributed by atoms with Crippen molar-refractivity contribution in [2.24, 2.45) is 0 Å². The SMILES string of the molecule is CCOC(=O)Cc1ccc(-c2ccccc2)c(Cl)c1. The lowest BCUT2D eigenvalue weighted by molar-refractivity contribution is -0.142. The minimum absolute atomic E-state index is 0.231. The van der Waals surface area contributed by atoms with Crippen molar-refractivity contribution in [1.82, 2.24) is 0 Å². The van der Waals surface area contributed by atoms with Gasteiger partial charge in [0, 0.05) is 10.6 Å². The van der Waals surface area contributed by atoms with Gasteiger partial charge in [-0.2, -0.15) is 0 Å². The molecule has 2 nitrogen and oxygen atoms in total. The zero-order valence-electron chi connectivity index (χ0n) is 10.7. The second kappa shape index (κ2) is 6.39. The summed E-state index contributed by atoms with van der Waals surface area (Å²) in [6, 6.07) is 15.6. The summed E-state index contributed by atoms with van der Waals surface area (Å²) in [5.74, 6) is -0.231. The molecular weight excluding hydrogens is 260 g/mol. The molecule has 0 aromatic heterocycles. The lowest BCUT2D eigenvalue weighted by Gasteiger charge is -2.07. The summed E-state index contributed by atoms with van der Waals surface area (Å²) in [5.41, 5.74) is 2.90. The smallest absolute Gasteiger partial charge is 0.310 e. The predicted octanol–water partition coefficient (Wildman–Crippen LogP) is 4.11. The molecule has 2 aromatic rings. The number of hydrogen-bond acceptors (Lipinski definition) is 2. The third-order valence-electron chi connectivity index (χ3n) is 2.77. The Morgan fingerprint density at radius 3 is 2.53 bits per heavy atom. The molecule has 19 heavy (non-hydrogen) atoms. The largest absolute Gasteiger partial charge is 0.466 e. The number of rotatable bonds is 4. The highest BCUT2D eigenvalue weighted by Gasteiger charge is 2.08. The average molecular weight is 275 g/mol. The van der Waals surface area contributed by atoms with Crippen molar-refractivity contribution in [3.8, 4) is 11.1 Å². The second-order valence-corrected chi connectivity index (χ2v) is 4.57. The zero-order valence-corrected chi connectivity index (χ0v) is 11.5. The molecule has 0 amide bonds. The minimum atomic E-state index is -0.231. The first-order chi connectivity index (χ1) is 9.20. The van der Waals surface area contributed by atoms with Crippen LogP contribution in [0.5, 0.6) is 0 Å². The van der Waals surface area contributed by atoms with Crippen molar-refractivity contribution >= 4 is 17.6 Å². The van der Waals surface area contributed by atoms with E-state index >= 15 is 0 Å². The van der Waals surface area contributed by atoms with Crippen LogP contribution in [0.25, 0.3) is 11.1 Å². The molecule has 0 aliphatic rings. The van der Waals surface area contributed by atoms with E-state index in [1.165, 1.54) is 0 Å². The van der Waals surface area contributed by atoms with Gasteiger partial charge in [-0.15, -0.1) is 0 Å². The Bertz CT molecular complexity index is 564. The molecule has 2 aromatic carbocycles. The fourth-order valence-corrected chi connectivity index (χ4v) is 2.21. The Morgan fingerprint density at radius 1 is 1.16 bits per heavy atom. The van der Waals surface area contributed by atoms with Gasteiger partial charge in [-0.25, -0.2) is 0 Å². The van der Waals surface area contributed by atoms with Gasteiger partial charge >= 0.3 is 5.97 Å². The van der Waals surface area contributed by atoms with E-state index in [1.807, 2.05) is 48.5 Å². The van der Waals surface area contributed by atoms with Crippen LogP contribution in [0.15, 0.2) is 48.5 Å². The highest BCUT2D eigenvalue weighted by Crippen LogP contribution is 2.28. The molecule has 0 fully saturated rings. The molecular formula is C16H15ClO2. The molecule has 3 heteroatoms. The van der Waals surface area contributed by atoms with E-state index in [0.717, 1.165) is 16.7 Å². The Labute approximate surface area is 118 Å². The lowest BCUT2D eigenvalue weighted by atomic mass is 10.0. The summed E-state index contributed by atoms with van der Waals surface area (Å²) in [5, 5.41) is 0.646. The van der Waals surface area contributed by atoms with Crippen molar-refractivity contribution in [2.75, 3.05) is 6.61 Å². The Hall–Kier alpha value is -1.80. The van der Waals surface area contributed by atoms with Crippen molar-refractivity contribution in [3.05, 3.63) is 59.1 Å². The fourth-order valence-electron chi connectivity index (χ4n) is 1.90. The standard InChI is InChI=1S/C16H15ClO2/c1-2-19-16(18)11-12-8-9-14(15(17)10-12)13-6-4-3-5-7-13/h3-10H,2,11H2,1H3. The van der Waals surface area contributed by atoms with Gasteiger partial charge in [0.05, 0.1) is 13.0 Å². The number of ether oxygens (including phenoxy) is 1. The van der Waals surface area contributed by atoms with Crippen LogP contribution < -0.4 is 0 Å². The van der Waals surface area contributed by atoms with E-state index in [9.17, 15) is 4.79 Å². The van der Waals surface area contributed by atoms with Crippen LogP contribution >= 0.6 is 11.6 Å². The van der Waals surface area contributed by atoms with Crippen molar-refractivity contribution < 1.29 is 9.53 Å². The molecule has 0 spiro atoms. The molecule has 0 saturated carbocycles. The quantitative estimate of drug-likeness (QED) is 0.784. The maximum Gasteiger partial charge on any atom is 0.310 e. The van der Waals surface area contributed by atoms with Crippen LogP contribution in [0.3, 0.4) is 0 Å². The number of hydrogen-bond donors (Lipinski definition) is 0. The maximum atomic E-state index is 11.4. The topological polar surface area (TPSA) is 26.3 Å². The lowest BCUT2D eigenvalue weighted by Crippen LogP contribution is -2.07. The number of benzene rings is 2. The first kappa shape index (κ1) is 13.6. The Kier molecular flexibility index (Phi) is 4.58. The fraction of sp³-hybridized carbons (Fsp3) is 0.188. The van der Waals surface area contributed by atoms with Gasteiger partial charge in [0.25, 0.3) is 0 Å². The molecule has 0 radical (unpaired) electrons. The summed E-state index contributed by atoms with van der Waals surface area (Å²) in [6.45, 7) is 2.19.